The summed E-state index contributed by atoms with van der Waals surface area (Å²) in [6, 6.07) is 87.2. The number of furan rings is 1. The minimum absolute atomic E-state index is 0.850. The molecule has 296 valence electrons. The van der Waals surface area contributed by atoms with Gasteiger partial charge in [-0.3, -0.25) is 0 Å². The van der Waals surface area contributed by atoms with E-state index in [0.29, 0.717) is 0 Å². The second-order valence-corrected chi connectivity index (χ2v) is 16.1. The predicted octanol–water partition coefficient (Wildman–Crippen LogP) is 16.8. The van der Waals surface area contributed by atoms with Crippen LogP contribution in [0.25, 0.3) is 93.9 Å². The fraction of sp³-hybridized carbons (Fsp3) is 0. The molecular formula is C60H40N2O. The van der Waals surface area contributed by atoms with Crippen LogP contribution in [0.1, 0.15) is 0 Å². The zero-order chi connectivity index (χ0) is 41.7. The van der Waals surface area contributed by atoms with E-state index in [9.17, 15) is 0 Å². The van der Waals surface area contributed by atoms with E-state index in [-0.39, 0.29) is 0 Å². The van der Waals surface area contributed by atoms with Gasteiger partial charge in [-0.2, -0.15) is 0 Å². The van der Waals surface area contributed by atoms with Crippen LogP contribution >= 0.6 is 0 Å². The van der Waals surface area contributed by atoms with E-state index in [2.05, 4.69) is 246 Å². The summed E-state index contributed by atoms with van der Waals surface area (Å²) < 4.78 is 9.01. The minimum atomic E-state index is 0.850. The first-order valence-electron chi connectivity index (χ1n) is 21.5. The number of fused-ring (bicyclic) bond motifs is 6. The molecule has 12 rings (SSSR count). The number of nitrogens with zero attached hydrogens (tertiary/aromatic N) is 2. The van der Waals surface area contributed by atoms with Crippen molar-refractivity contribution in [2.24, 2.45) is 0 Å². The van der Waals surface area contributed by atoms with Gasteiger partial charge in [-0.1, -0.05) is 176 Å². The molecule has 0 radical (unpaired) electrons. The molecule has 10 aromatic carbocycles. The first kappa shape index (κ1) is 36.5. The van der Waals surface area contributed by atoms with Gasteiger partial charge in [0.05, 0.1) is 22.1 Å². The Kier molecular flexibility index (Phi) is 8.83. The third-order valence-electron chi connectivity index (χ3n) is 12.4. The molecule has 3 nitrogen and oxygen atoms in total. The lowest BCUT2D eigenvalue weighted by Crippen LogP contribution is -2.11. The lowest BCUT2D eigenvalue weighted by atomic mass is 9.93. The van der Waals surface area contributed by atoms with Crippen LogP contribution in [0.5, 0.6) is 0 Å². The summed E-state index contributed by atoms with van der Waals surface area (Å²) in [7, 11) is 0. The zero-order valence-corrected chi connectivity index (χ0v) is 34.4. The molecule has 0 aliphatic rings. The molecule has 2 aromatic heterocycles. The summed E-state index contributed by atoms with van der Waals surface area (Å²) in [6.07, 6.45) is 0. The fourth-order valence-corrected chi connectivity index (χ4v) is 9.52. The van der Waals surface area contributed by atoms with Crippen molar-refractivity contribution >= 4 is 60.8 Å². The van der Waals surface area contributed by atoms with Crippen LogP contribution in [0.15, 0.2) is 247 Å². The van der Waals surface area contributed by atoms with Crippen molar-refractivity contribution in [1.29, 1.82) is 0 Å². The van der Waals surface area contributed by atoms with Crippen molar-refractivity contribution in [2.45, 2.75) is 0 Å². The Morgan fingerprint density at radius 1 is 0.333 bits per heavy atom. The highest BCUT2D eigenvalue weighted by atomic mass is 16.3. The quantitative estimate of drug-likeness (QED) is 0.153. The lowest BCUT2D eigenvalue weighted by Gasteiger charge is -2.28. The van der Waals surface area contributed by atoms with Crippen LogP contribution in [0.2, 0.25) is 0 Å². The van der Waals surface area contributed by atoms with Gasteiger partial charge >= 0.3 is 0 Å². The molecule has 0 aliphatic carbocycles. The predicted molar refractivity (Wildman–Crippen MR) is 264 cm³/mol. The van der Waals surface area contributed by atoms with E-state index >= 15 is 0 Å². The van der Waals surface area contributed by atoms with Crippen molar-refractivity contribution in [1.82, 2.24) is 4.57 Å². The summed E-state index contributed by atoms with van der Waals surface area (Å²) >= 11 is 0. The van der Waals surface area contributed by atoms with E-state index < -0.39 is 0 Å². The maximum atomic E-state index is 6.54. The highest BCUT2D eigenvalue weighted by Gasteiger charge is 2.24. The molecule has 0 N–H and O–H groups in total. The van der Waals surface area contributed by atoms with Crippen molar-refractivity contribution in [3.05, 3.63) is 243 Å². The third kappa shape index (κ3) is 6.29. The van der Waals surface area contributed by atoms with Gasteiger partial charge in [-0.25, -0.2) is 0 Å². The molecule has 0 amide bonds. The SMILES string of the molecule is c1ccc(-c2cc(-c3ccccc3)c3c(c2)c2ccc(N(c4ccc(-c5ccccc5)c(-c5ccccc5)c4)c4cccc5oc6ccccc6c45)cc2n3-c2ccccc2)cc1. The van der Waals surface area contributed by atoms with Gasteiger partial charge in [-0.15, -0.1) is 0 Å². The molecule has 0 spiro atoms. The smallest absolute Gasteiger partial charge is 0.137 e. The number of benzene rings is 10. The Morgan fingerprint density at radius 2 is 0.889 bits per heavy atom. The first-order chi connectivity index (χ1) is 31.3. The summed E-state index contributed by atoms with van der Waals surface area (Å²) in [5.74, 6) is 0. The number of para-hydroxylation sites is 2. The van der Waals surface area contributed by atoms with Crippen molar-refractivity contribution < 1.29 is 4.42 Å². The van der Waals surface area contributed by atoms with Crippen LogP contribution in [-0.4, -0.2) is 4.57 Å². The molecule has 63 heavy (non-hydrogen) atoms. The Balaban J connectivity index is 1.18. The topological polar surface area (TPSA) is 21.3 Å². The Morgan fingerprint density at radius 3 is 1.59 bits per heavy atom. The van der Waals surface area contributed by atoms with Crippen LogP contribution in [-0.2, 0) is 0 Å². The van der Waals surface area contributed by atoms with Crippen molar-refractivity contribution in [3.63, 3.8) is 0 Å². The molecule has 2 heterocycles. The summed E-state index contributed by atoms with van der Waals surface area (Å²) in [4.78, 5) is 2.42. The maximum Gasteiger partial charge on any atom is 0.137 e. The molecule has 12 aromatic rings. The normalized spacial score (nSPS) is 11.5. The summed E-state index contributed by atoms with van der Waals surface area (Å²) in [6.45, 7) is 0. The molecule has 0 bridgehead atoms. The van der Waals surface area contributed by atoms with E-state index in [1.54, 1.807) is 0 Å². The first-order valence-corrected chi connectivity index (χ1v) is 21.5. The zero-order valence-electron chi connectivity index (χ0n) is 34.4. The van der Waals surface area contributed by atoms with Crippen LogP contribution in [0.3, 0.4) is 0 Å². The highest BCUT2D eigenvalue weighted by Crippen LogP contribution is 2.48. The van der Waals surface area contributed by atoms with Crippen molar-refractivity contribution in [3.8, 4) is 50.2 Å². The number of rotatable bonds is 8. The molecule has 0 aliphatic heterocycles. The van der Waals surface area contributed by atoms with E-state index in [0.717, 1.165) is 61.3 Å². The second kappa shape index (κ2) is 15.3. The van der Waals surface area contributed by atoms with Gasteiger partial charge in [-0.05, 0) is 106 Å². The average Bonchev–Trinajstić information content (AvgIpc) is 3.91. The van der Waals surface area contributed by atoms with Gasteiger partial charge in [0.25, 0.3) is 0 Å². The number of hydrogen-bond donors (Lipinski definition) is 0. The van der Waals surface area contributed by atoms with E-state index in [1.165, 1.54) is 49.7 Å². The highest BCUT2D eigenvalue weighted by molar-refractivity contribution is 6.17. The molecular weight excluding hydrogens is 765 g/mol. The van der Waals surface area contributed by atoms with Crippen molar-refractivity contribution in [2.75, 3.05) is 4.90 Å². The summed E-state index contributed by atoms with van der Waals surface area (Å²) in [5, 5.41) is 4.54. The summed E-state index contributed by atoms with van der Waals surface area (Å²) in [5.41, 5.74) is 17.7. The Hall–Kier alpha value is -8.40. The van der Waals surface area contributed by atoms with Gasteiger partial charge in [0.1, 0.15) is 11.2 Å². The fourth-order valence-electron chi connectivity index (χ4n) is 9.52. The Bertz CT molecular complexity index is 3590. The van der Waals surface area contributed by atoms with E-state index in [1.807, 2.05) is 6.07 Å². The minimum Gasteiger partial charge on any atom is -0.456 e. The lowest BCUT2D eigenvalue weighted by molar-refractivity contribution is 0.669. The largest absolute Gasteiger partial charge is 0.456 e. The molecule has 0 saturated carbocycles. The van der Waals surface area contributed by atoms with E-state index in [4.69, 9.17) is 4.42 Å². The molecule has 3 heteroatoms. The number of hydrogen-bond acceptors (Lipinski definition) is 2. The van der Waals surface area contributed by atoms with Crippen LogP contribution < -0.4 is 4.90 Å². The second-order valence-electron chi connectivity index (χ2n) is 16.1. The van der Waals surface area contributed by atoms with Gasteiger partial charge in [0.15, 0.2) is 0 Å². The maximum absolute atomic E-state index is 6.54. The monoisotopic (exact) mass is 804 g/mol. The third-order valence-corrected chi connectivity index (χ3v) is 12.4. The van der Waals surface area contributed by atoms with Gasteiger partial charge in [0.2, 0.25) is 0 Å². The Labute approximate surface area is 366 Å². The molecule has 0 fully saturated rings. The number of aromatic nitrogens is 1. The standard InChI is InChI=1S/C60H40N2O/c1-6-19-41(20-7-1)45-37-53(44-25-12-4-13-26-44)60-54(38-45)50-36-34-48(40-56(50)62(60)46-27-14-5-15-28-46)61(55-30-18-32-58-59(55)51-29-16-17-31-57(51)63-58)47-33-35-49(42-21-8-2-9-22-42)52(39-47)43-23-10-3-11-24-43/h1-40H. The van der Waals surface area contributed by atoms with Gasteiger partial charge in [0, 0.05) is 38.8 Å². The van der Waals surface area contributed by atoms with Crippen LogP contribution in [0, 0.1) is 0 Å². The van der Waals surface area contributed by atoms with Gasteiger partial charge < -0.3 is 13.9 Å². The molecule has 0 saturated heterocycles. The number of anilines is 3. The average molecular weight is 805 g/mol. The molecule has 0 unspecified atom stereocenters. The molecule has 0 atom stereocenters. The van der Waals surface area contributed by atoms with Crippen LogP contribution in [0.4, 0.5) is 17.1 Å².